The lowest BCUT2D eigenvalue weighted by Gasteiger charge is -2.15. The van der Waals surface area contributed by atoms with Gasteiger partial charge in [0.1, 0.15) is 6.04 Å². The maximum atomic E-state index is 11.9. The number of urea groups is 1. The van der Waals surface area contributed by atoms with Crippen LogP contribution in [0.3, 0.4) is 0 Å². The van der Waals surface area contributed by atoms with E-state index in [1.165, 1.54) is 12.8 Å². The number of benzene rings is 1. The van der Waals surface area contributed by atoms with Crippen molar-refractivity contribution in [3.8, 4) is 0 Å². The Morgan fingerprint density at radius 3 is 2.83 bits per heavy atom. The minimum absolute atomic E-state index is 0.369. The predicted molar refractivity (Wildman–Crippen MR) is 89.1 cm³/mol. The van der Waals surface area contributed by atoms with Gasteiger partial charge in [-0.1, -0.05) is 12.1 Å². The molecule has 1 aromatic rings. The van der Waals surface area contributed by atoms with Crippen LogP contribution in [0.4, 0.5) is 10.5 Å². The van der Waals surface area contributed by atoms with E-state index in [4.69, 9.17) is 4.74 Å². The molecule has 23 heavy (non-hydrogen) atoms. The number of hydrogen-bond donors (Lipinski definition) is 3. The number of carbonyl (C=O) groups excluding carboxylic acids is 2. The molecule has 2 rings (SSSR count). The molecule has 6 nitrogen and oxygen atoms in total. The molecule has 1 atom stereocenters. The largest absolute Gasteiger partial charge is 0.376 e. The molecule has 0 heterocycles. The minimum Gasteiger partial charge on any atom is -0.376 e. The fraction of sp³-hybridized carbons (Fsp3) is 0.529. The Morgan fingerprint density at radius 2 is 2.13 bits per heavy atom. The Morgan fingerprint density at radius 1 is 1.35 bits per heavy atom. The summed E-state index contributed by atoms with van der Waals surface area (Å²) in [6.45, 7) is 5.38. The van der Waals surface area contributed by atoms with Crippen molar-refractivity contribution >= 4 is 17.6 Å². The number of ether oxygens (including phenoxy) is 1. The molecule has 1 aliphatic rings. The van der Waals surface area contributed by atoms with Crippen LogP contribution < -0.4 is 16.0 Å². The maximum Gasteiger partial charge on any atom is 0.321 e. The lowest BCUT2D eigenvalue weighted by atomic mass is 10.2. The smallest absolute Gasteiger partial charge is 0.321 e. The first-order valence-corrected chi connectivity index (χ1v) is 8.10. The number of carbonyl (C=O) groups is 2. The van der Waals surface area contributed by atoms with Crippen LogP contribution in [0.1, 0.15) is 32.3 Å². The second-order valence-electron chi connectivity index (χ2n) is 5.87. The summed E-state index contributed by atoms with van der Waals surface area (Å²) >= 11 is 0. The molecule has 0 aliphatic heterocycles. The molecule has 6 heteroatoms. The zero-order valence-corrected chi connectivity index (χ0v) is 13.7. The van der Waals surface area contributed by atoms with Crippen molar-refractivity contribution in [2.45, 2.75) is 39.3 Å². The number of rotatable bonds is 8. The molecule has 0 bridgehead atoms. The second kappa shape index (κ2) is 8.53. The van der Waals surface area contributed by atoms with Crippen LogP contribution in [0.15, 0.2) is 24.3 Å². The highest BCUT2D eigenvalue weighted by atomic mass is 16.5. The Labute approximate surface area is 137 Å². The van der Waals surface area contributed by atoms with Crippen molar-refractivity contribution in [1.29, 1.82) is 0 Å². The van der Waals surface area contributed by atoms with Gasteiger partial charge < -0.3 is 15.4 Å². The summed E-state index contributed by atoms with van der Waals surface area (Å²) in [5, 5.41) is 7.91. The van der Waals surface area contributed by atoms with Crippen molar-refractivity contribution in [1.82, 2.24) is 10.6 Å². The highest BCUT2D eigenvalue weighted by Crippen LogP contribution is 2.29. The number of nitrogens with one attached hydrogen (secondary N) is 3. The SMILES string of the molecule is CCNC(=O)NC(=O)[C@@H](C)Nc1cccc(COCC2CC2)c1. The molecule has 0 radical (unpaired) electrons. The molecule has 3 amide bonds. The van der Waals surface area contributed by atoms with E-state index in [9.17, 15) is 9.59 Å². The Kier molecular flexibility index (Phi) is 6.40. The van der Waals surface area contributed by atoms with E-state index in [2.05, 4.69) is 16.0 Å². The number of anilines is 1. The molecule has 126 valence electrons. The van der Waals surface area contributed by atoms with E-state index >= 15 is 0 Å². The van der Waals surface area contributed by atoms with Gasteiger partial charge in [-0.2, -0.15) is 0 Å². The topological polar surface area (TPSA) is 79.5 Å². The fourth-order valence-electron chi connectivity index (χ4n) is 2.12. The van der Waals surface area contributed by atoms with E-state index in [1.807, 2.05) is 24.3 Å². The lowest BCUT2D eigenvalue weighted by molar-refractivity contribution is -0.120. The number of hydrogen-bond acceptors (Lipinski definition) is 4. The van der Waals surface area contributed by atoms with Gasteiger partial charge in [-0.15, -0.1) is 0 Å². The molecule has 1 aromatic carbocycles. The molecule has 0 saturated heterocycles. The number of amides is 3. The van der Waals surface area contributed by atoms with Crippen LogP contribution in [0, 0.1) is 5.92 Å². The van der Waals surface area contributed by atoms with Crippen molar-refractivity contribution < 1.29 is 14.3 Å². The quantitative estimate of drug-likeness (QED) is 0.687. The normalized spacial score (nSPS) is 14.9. The molecular weight excluding hydrogens is 294 g/mol. The van der Waals surface area contributed by atoms with Crippen molar-refractivity contribution in [2.75, 3.05) is 18.5 Å². The molecule has 1 fully saturated rings. The zero-order valence-electron chi connectivity index (χ0n) is 13.7. The van der Waals surface area contributed by atoms with Gasteiger partial charge >= 0.3 is 6.03 Å². The van der Waals surface area contributed by atoms with Gasteiger partial charge in [0.25, 0.3) is 0 Å². The first kappa shape index (κ1) is 17.3. The molecule has 0 unspecified atom stereocenters. The minimum atomic E-state index is -0.514. The molecule has 3 N–H and O–H groups in total. The Bertz CT molecular complexity index is 544. The monoisotopic (exact) mass is 319 g/mol. The van der Waals surface area contributed by atoms with Gasteiger partial charge in [0, 0.05) is 18.8 Å². The lowest BCUT2D eigenvalue weighted by Crippen LogP contribution is -2.45. The standard InChI is InChI=1S/C17H25N3O3/c1-3-18-17(22)20-16(21)12(2)19-15-6-4-5-14(9-15)11-23-10-13-7-8-13/h4-6,9,12-13,19H,3,7-8,10-11H2,1-2H3,(H2,18,20,21,22)/t12-/m1/s1. The predicted octanol–water partition coefficient (Wildman–Crippen LogP) is 2.26. The summed E-state index contributed by atoms with van der Waals surface area (Å²) < 4.78 is 5.67. The number of imide groups is 1. The summed E-state index contributed by atoms with van der Waals surface area (Å²) in [5.41, 5.74) is 1.89. The van der Waals surface area contributed by atoms with Crippen LogP contribution in [-0.2, 0) is 16.1 Å². The average molecular weight is 319 g/mol. The second-order valence-corrected chi connectivity index (χ2v) is 5.87. The summed E-state index contributed by atoms with van der Waals surface area (Å²) in [6, 6.07) is 6.78. The van der Waals surface area contributed by atoms with Crippen LogP contribution in [-0.4, -0.2) is 31.1 Å². The van der Waals surface area contributed by atoms with Crippen LogP contribution in [0.25, 0.3) is 0 Å². The molecule has 0 spiro atoms. The van der Waals surface area contributed by atoms with Gasteiger partial charge in [-0.25, -0.2) is 4.79 Å². The summed E-state index contributed by atoms with van der Waals surface area (Å²) in [6.07, 6.45) is 2.56. The van der Waals surface area contributed by atoms with E-state index < -0.39 is 12.1 Å². The molecule has 0 aromatic heterocycles. The van der Waals surface area contributed by atoms with Crippen molar-refractivity contribution in [3.05, 3.63) is 29.8 Å². The first-order valence-electron chi connectivity index (χ1n) is 8.10. The Balaban J connectivity index is 1.80. The fourth-order valence-corrected chi connectivity index (χ4v) is 2.12. The summed E-state index contributed by atoms with van der Waals surface area (Å²) in [4.78, 5) is 23.3. The first-order chi connectivity index (χ1) is 11.1. The zero-order chi connectivity index (χ0) is 16.7. The van der Waals surface area contributed by atoms with E-state index in [0.717, 1.165) is 23.8 Å². The van der Waals surface area contributed by atoms with E-state index in [-0.39, 0.29) is 5.91 Å². The van der Waals surface area contributed by atoms with Gasteiger partial charge in [-0.05, 0) is 50.3 Å². The highest BCUT2D eigenvalue weighted by Gasteiger charge is 2.21. The van der Waals surface area contributed by atoms with Gasteiger partial charge in [-0.3, -0.25) is 10.1 Å². The van der Waals surface area contributed by atoms with Gasteiger partial charge in [0.15, 0.2) is 0 Å². The summed E-state index contributed by atoms with van der Waals surface area (Å²) in [5.74, 6) is 0.376. The maximum absolute atomic E-state index is 11.9. The molecular formula is C17H25N3O3. The Hall–Kier alpha value is -2.08. The molecule has 1 saturated carbocycles. The van der Waals surface area contributed by atoms with E-state index in [0.29, 0.717) is 13.2 Å². The van der Waals surface area contributed by atoms with Gasteiger partial charge in [0.05, 0.1) is 6.61 Å². The van der Waals surface area contributed by atoms with Crippen molar-refractivity contribution in [3.63, 3.8) is 0 Å². The molecule has 1 aliphatic carbocycles. The van der Waals surface area contributed by atoms with Crippen LogP contribution in [0.5, 0.6) is 0 Å². The highest BCUT2D eigenvalue weighted by molar-refractivity contribution is 5.97. The van der Waals surface area contributed by atoms with E-state index in [1.54, 1.807) is 13.8 Å². The van der Waals surface area contributed by atoms with Crippen LogP contribution in [0.2, 0.25) is 0 Å². The summed E-state index contributed by atoms with van der Waals surface area (Å²) in [7, 11) is 0. The third-order valence-corrected chi connectivity index (χ3v) is 3.60. The third-order valence-electron chi connectivity index (χ3n) is 3.60. The van der Waals surface area contributed by atoms with Gasteiger partial charge in [0.2, 0.25) is 5.91 Å². The van der Waals surface area contributed by atoms with Crippen molar-refractivity contribution in [2.24, 2.45) is 5.92 Å². The average Bonchev–Trinajstić information content (AvgIpc) is 3.32. The third kappa shape index (κ3) is 6.28. The van der Waals surface area contributed by atoms with Crippen LogP contribution >= 0.6 is 0 Å².